The van der Waals surface area contributed by atoms with Gasteiger partial charge in [-0.25, -0.2) is 4.39 Å². The number of nitrogens with zero attached hydrogens (tertiary/aromatic N) is 3. The molecule has 1 N–H and O–H groups in total. The average molecular weight is 342 g/mol. The standard InChI is InChI=1S/C17H15FN4OS/c18-13-4-2-1-3-12(13)10-22-7-8-24-17(22)19-16(23)15-9-14(20-21-15)11-5-6-11/h1-4,7-9,11H,5-6,10H2,(H,20,21). The molecule has 1 saturated carbocycles. The van der Waals surface area contributed by atoms with Crippen LogP contribution >= 0.6 is 11.3 Å². The number of rotatable bonds is 4. The Labute approximate surface area is 141 Å². The minimum atomic E-state index is -0.386. The van der Waals surface area contributed by atoms with Crippen molar-refractivity contribution in [1.29, 1.82) is 0 Å². The Morgan fingerprint density at radius 3 is 3.04 bits per heavy atom. The fraction of sp³-hybridized carbons (Fsp3) is 0.235. The van der Waals surface area contributed by atoms with Crippen LogP contribution in [0.1, 0.15) is 40.5 Å². The maximum absolute atomic E-state index is 13.8. The van der Waals surface area contributed by atoms with Crippen LogP contribution in [0, 0.1) is 5.82 Å². The molecule has 0 bridgehead atoms. The molecule has 1 aliphatic carbocycles. The minimum Gasteiger partial charge on any atom is -0.319 e. The first-order chi connectivity index (χ1) is 11.7. The van der Waals surface area contributed by atoms with Gasteiger partial charge in [0.1, 0.15) is 5.82 Å². The van der Waals surface area contributed by atoms with Crippen LogP contribution in [0.4, 0.5) is 4.39 Å². The Kier molecular flexibility index (Phi) is 3.86. The molecule has 2 aromatic heterocycles. The highest BCUT2D eigenvalue weighted by Gasteiger charge is 2.26. The predicted octanol–water partition coefficient (Wildman–Crippen LogP) is 3.08. The Hall–Kier alpha value is -2.54. The van der Waals surface area contributed by atoms with Crippen molar-refractivity contribution in [2.24, 2.45) is 4.99 Å². The lowest BCUT2D eigenvalue weighted by Gasteiger charge is -2.04. The number of amides is 1. The molecule has 0 aliphatic heterocycles. The molecule has 4 rings (SSSR count). The average Bonchev–Trinajstić information content (AvgIpc) is 3.15. The highest BCUT2D eigenvalue weighted by atomic mass is 32.1. The SMILES string of the molecule is O=C(N=c1sccn1Cc1ccccc1F)c1cc(C2CC2)[nH]n1. The highest BCUT2D eigenvalue weighted by Crippen LogP contribution is 2.39. The van der Waals surface area contributed by atoms with E-state index in [4.69, 9.17) is 0 Å². The summed E-state index contributed by atoms with van der Waals surface area (Å²) in [6.45, 7) is 0.330. The Bertz CT molecular complexity index is 951. The molecular weight excluding hydrogens is 327 g/mol. The first-order valence-electron chi connectivity index (χ1n) is 7.72. The third kappa shape index (κ3) is 3.07. The number of carbonyl (C=O) groups is 1. The van der Waals surface area contributed by atoms with Gasteiger partial charge in [-0.1, -0.05) is 18.2 Å². The molecule has 122 valence electrons. The summed E-state index contributed by atoms with van der Waals surface area (Å²) in [4.78, 5) is 17.0. The van der Waals surface area contributed by atoms with Crippen LogP contribution in [-0.2, 0) is 6.54 Å². The van der Waals surface area contributed by atoms with Gasteiger partial charge in [-0.15, -0.1) is 11.3 Å². The number of nitrogens with one attached hydrogen (secondary N) is 1. The summed E-state index contributed by atoms with van der Waals surface area (Å²) in [5.74, 6) is -0.149. The van der Waals surface area contributed by atoms with Crippen molar-refractivity contribution in [2.75, 3.05) is 0 Å². The summed E-state index contributed by atoms with van der Waals surface area (Å²) in [6, 6.07) is 8.37. The van der Waals surface area contributed by atoms with Crippen molar-refractivity contribution in [3.8, 4) is 0 Å². The van der Waals surface area contributed by atoms with E-state index in [9.17, 15) is 9.18 Å². The molecule has 7 heteroatoms. The summed E-state index contributed by atoms with van der Waals surface area (Å²) in [6.07, 6.45) is 4.07. The Balaban J connectivity index is 1.59. The summed E-state index contributed by atoms with van der Waals surface area (Å²) in [7, 11) is 0. The van der Waals surface area contributed by atoms with Gasteiger partial charge in [-0.3, -0.25) is 9.89 Å². The maximum atomic E-state index is 13.8. The van der Waals surface area contributed by atoms with Gasteiger partial charge >= 0.3 is 0 Å². The van der Waals surface area contributed by atoms with Crippen LogP contribution in [0.2, 0.25) is 0 Å². The summed E-state index contributed by atoms with van der Waals surface area (Å²) >= 11 is 1.34. The molecule has 3 aromatic rings. The number of hydrogen-bond acceptors (Lipinski definition) is 3. The van der Waals surface area contributed by atoms with Crippen molar-refractivity contribution >= 4 is 17.2 Å². The molecule has 0 atom stereocenters. The lowest BCUT2D eigenvalue weighted by atomic mass is 10.2. The Morgan fingerprint density at radius 1 is 1.42 bits per heavy atom. The monoisotopic (exact) mass is 342 g/mol. The van der Waals surface area contributed by atoms with Gasteiger partial charge in [0, 0.05) is 28.8 Å². The van der Waals surface area contributed by atoms with E-state index in [0.29, 0.717) is 28.5 Å². The molecule has 1 aliphatic rings. The minimum absolute atomic E-state index is 0.269. The van der Waals surface area contributed by atoms with Gasteiger partial charge in [0.25, 0.3) is 5.91 Å². The number of H-pyrrole nitrogens is 1. The molecule has 0 unspecified atom stereocenters. The molecule has 2 heterocycles. The van der Waals surface area contributed by atoms with Crippen molar-refractivity contribution in [2.45, 2.75) is 25.3 Å². The van der Waals surface area contributed by atoms with Crippen LogP contribution in [-0.4, -0.2) is 20.7 Å². The number of aromatic nitrogens is 3. The van der Waals surface area contributed by atoms with Crippen molar-refractivity contribution in [3.05, 3.63) is 69.5 Å². The van der Waals surface area contributed by atoms with Gasteiger partial charge in [-0.05, 0) is 25.0 Å². The first kappa shape index (κ1) is 15.0. The molecule has 0 radical (unpaired) electrons. The molecule has 0 spiro atoms. The van der Waals surface area contributed by atoms with E-state index in [-0.39, 0.29) is 11.7 Å². The quantitative estimate of drug-likeness (QED) is 0.792. The number of carbonyl (C=O) groups excluding carboxylic acids is 1. The van der Waals surface area contributed by atoms with Gasteiger partial charge in [0.2, 0.25) is 0 Å². The predicted molar refractivity (Wildman–Crippen MR) is 88.3 cm³/mol. The van der Waals surface area contributed by atoms with Crippen LogP contribution in [0.5, 0.6) is 0 Å². The highest BCUT2D eigenvalue weighted by molar-refractivity contribution is 7.07. The van der Waals surface area contributed by atoms with Gasteiger partial charge in [0.05, 0.1) is 6.54 Å². The van der Waals surface area contributed by atoms with Gasteiger partial charge in [0.15, 0.2) is 10.5 Å². The lowest BCUT2D eigenvalue weighted by molar-refractivity contribution is 0.0993. The second-order valence-corrected chi connectivity index (χ2v) is 6.68. The number of halogens is 1. The zero-order valence-electron chi connectivity index (χ0n) is 12.8. The van der Waals surface area contributed by atoms with E-state index in [1.165, 1.54) is 17.4 Å². The molecule has 24 heavy (non-hydrogen) atoms. The number of benzene rings is 1. The van der Waals surface area contributed by atoms with E-state index < -0.39 is 0 Å². The summed E-state index contributed by atoms with van der Waals surface area (Å²) in [5.41, 5.74) is 1.88. The second-order valence-electron chi connectivity index (χ2n) is 5.80. The summed E-state index contributed by atoms with van der Waals surface area (Å²) in [5, 5.41) is 8.79. The molecule has 5 nitrogen and oxygen atoms in total. The zero-order chi connectivity index (χ0) is 16.5. The Morgan fingerprint density at radius 2 is 2.25 bits per heavy atom. The number of thiazole rings is 1. The normalized spacial score (nSPS) is 15.0. The van der Waals surface area contributed by atoms with E-state index in [0.717, 1.165) is 18.5 Å². The second kappa shape index (κ2) is 6.16. The topological polar surface area (TPSA) is 63.0 Å². The molecule has 1 aromatic carbocycles. The van der Waals surface area contributed by atoms with Crippen LogP contribution in [0.3, 0.4) is 0 Å². The van der Waals surface area contributed by atoms with Gasteiger partial charge in [-0.2, -0.15) is 10.1 Å². The first-order valence-corrected chi connectivity index (χ1v) is 8.60. The largest absolute Gasteiger partial charge is 0.319 e. The van der Waals surface area contributed by atoms with E-state index in [2.05, 4.69) is 15.2 Å². The third-order valence-electron chi connectivity index (χ3n) is 3.99. The molecule has 1 amide bonds. The van der Waals surface area contributed by atoms with Crippen molar-refractivity contribution < 1.29 is 9.18 Å². The van der Waals surface area contributed by atoms with Gasteiger partial charge < -0.3 is 4.57 Å². The van der Waals surface area contributed by atoms with Crippen molar-refractivity contribution in [1.82, 2.24) is 14.8 Å². The van der Waals surface area contributed by atoms with E-state index >= 15 is 0 Å². The fourth-order valence-corrected chi connectivity index (χ4v) is 3.24. The third-order valence-corrected chi connectivity index (χ3v) is 4.78. The van der Waals surface area contributed by atoms with Crippen LogP contribution < -0.4 is 4.80 Å². The molecule has 1 fully saturated rings. The maximum Gasteiger partial charge on any atom is 0.300 e. The fourth-order valence-electron chi connectivity index (χ4n) is 2.51. The zero-order valence-corrected chi connectivity index (χ0v) is 13.6. The van der Waals surface area contributed by atoms with E-state index in [1.54, 1.807) is 35.0 Å². The van der Waals surface area contributed by atoms with Crippen molar-refractivity contribution in [3.63, 3.8) is 0 Å². The molecule has 0 saturated heterocycles. The number of aromatic amines is 1. The smallest absolute Gasteiger partial charge is 0.300 e. The van der Waals surface area contributed by atoms with Crippen LogP contribution in [0.25, 0.3) is 0 Å². The number of hydrogen-bond donors (Lipinski definition) is 1. The lowest BCUT2D eigenvalue weighted by Crippen LogP contribution is -2.17. The summed E-state index contributed by atoms with van der Waals surface area (Å²) < 4.78 is 15.6. The van der Waals surface area contributed by atoms with E-state index in [1.807, 2.05) is 5.38 Å². The molecular formula is C17H15FN4OS. The van der Waals surface area contributed by atoms with Crippen LogP contribution in [0.15, 0.2) is 46.9 Å².